The highest BCUT2D eigenvalue weighted by atomic mass is 19.1. The van der Waals surface area contributed by atoms with Gasteiger partial charge in [0.05, 0.1) is 12.1 Å². The molecule has 3 atom stereocenters. The van der Waals surface area contributed by atoms with Crippen LogP contribution in [-0.4, -0.2) is 18.0 Å². The molecule has 1 heterocycles. The summed E-state index contributed by atoms with van der Waals surface area (Å²) in [5, 5.41) is 0. The van der Waals surface area contributed by atoms with Crippen LogP contribution in [0.3, 0.4) is 0 Å². The van der Waals surface area contributed by atoms with Crippen LogP contribution in [0.25, 0.3) is 0 Å². The lowest BCUT2D eigenvalue weighted by atomic mass is 9.67. The van der Waals surface area contributed by atoms with Gasteiger partial charge in [0.2, 0.25) is 0 Å². The van der Waals surface area contributed by atoms with E-state index >= 15 is 0 Å². The van der Waals surface area contributed by atoms with Crippen LogP contribution in [-0.2, 0) is 0 Å². The molecule has 0 aromatic heterocycles. The van der Waals surface area contributed by atoms with E-state index in [0.717, 1.165) is 18.7 Å². The van der Waals surface area contributed by atoms with E-state index in [-0.39, 0.29) is 11.4 Å². The van der Waals surface area contributed by atoms with Gasteiger partial charge in [0, 0.05) is 5.69 Å². The van der Waals surface area contributed by atoms with Crippen molar-refractivity contribution in [2.45, 2.75) is 38.6 Å². The Morgan fingerprint density at radius 1 is 1.40 bits per heavy atom. The van der Waals surface area contributed by atoms with E-state index in [0.29, 0.717) is 17.8 Å². The molecule has 4 heteroatoms. The molecule has 1 spiro atoms. The van der Waals surface area contributed by atoms with Crippen LogP contribution in [0.15, 0.2) is 29.3 Å². The molecule has 2 aliphatic rings. The van der Waals surface area contributed by atoms with E-state index in [1.54, 1.807) is 12.1 Å². The molecule has 2 N–H and O–H groups in total. The zero-order chi connectivity index (χ0) is 14.3. The van der Waals surface area contributed by atoms with Crippen LogP contribution in [0.1, 0.15) is 33.1 Å². The number of benzene rings is 1. The predicted octanol–water partition coefficient (Wildman–Crippen LogP) is 3.16. The molecule has 0 saturated heterocycles. The van der Waals surface area contributed by atoms with E-state index in [2.05, 4.69) is 23.7 Å². The lowest BCUT2D eigenvalue weighted by molar-refractivity contribution is 0.159. The summed E-state index contributed by atoms with van der Waals surface area (Å²) < 4.78 is 13.6. The molecule has 0 bridgehead atoms. The third-order valence-electron chi connectivity index (χ3n) is 5.23. The Morgan fingerprint density at radius 3 is 2.95 bits per heavy atom. The minimum absolute atomic E-state index is 0.0739. The number of nitrogens with two attached hydrogens (primary N) is 1. The molecule has 0 radical (unpaired) electrons. The Kier molecular flexibility index (Phi) is 3.19. The fourth-order valence-corrected chi connectivity index (χ4v) is 3.87. The van der Waals surface area contributed by atoms with Crippen LogP contribution in [0.2, 0.25) is 0 Å². The minimum Gasteiger partial charge on any atom is -0.369 e. The summed E-state index contributed by atoms with van der Waals surface area (Å²) in [5.74, 6) is 1.43. The largest absolute Gasteiger partial charge is 0.369 e. The van der Waals surface area contributed by atoms with Crippen molar-refractivity contribution in [3.05, 3.63) is 30.1 Å². The molecule has 1 aromatic rings. The number of anilines is 1. The second-order valence-corrected chi connectivity index (χ2v) is 6.25. The lowest BCUT2D eigenvalue weighted by Gasteiger charge is -2.49. The van der Waals surface area contributed by atoms with E-state index in [9.17, 15) is 4.39 Å². The van der Waals surface area contributed by atoms with Crippen molar-refractivity contribution in [3.63, 3.8) is 0 Å². The summed E-state index contributed by atoms with van der Waals surface area (Å²) in [4.78, 5) is 6.56. The van der Waals surface area contributed by atoms with Crippen molar-refractivity contribution in [1.29, 1.82) is 0 Å². The number of rotatable bonds is 1. The van der Waals surface area contributed by atoms with Gasteiger partial charge >= 0.3 is 0 Å². The van der Waals surface area contributed by atoms with Gasteiger partial charge in [-0.25, -0.2) is 4.39 Å². The number of hydrogen-bond acceptors (Lipinski definition) is 3. The molecule has 1 aliphatic heterocycles. The van der Waals surface area contributed by atoms with Crippen molar-refractivity contribution in [1.82, 2.24) is 0 Å². The van der Waals surface area contributed by atoms with Gasteiger partial charge in [0.1, 0.15) is 5.82 Å². The number of hydrogen-bond donors (Lipinski definition) is 1. The highest BCUT2D eigenvalue weighted by Gasteiger charge is 2.50. The first-order valence-corrected chi connectivity index (χ1v) is 7.40. The summed E-state index contributed by atoms with van der Waals surface area (Å²) in [6.07, 6.45) is 3.50. The molecule has 3 rings (SSSR count). The SMILES string of the molecule is CC1CCCC2(CN=C(N)N2c2cccc(F)c2)C1C. The first-order chi connectivity index (χ1) is 9.54. The third-order valence-corrected chi connectivity index (χ3v) is 5.23. The average molecular weight is 275 g/mol. The maximum atomic E-state index is 13.6. The van der Waals surface area contributed by atoms with Gasteiger partial charge in [-0.2, -0.15) is 0 Å². The molecular weight excluding hydrogens is 253 g/mol. The fraction of sp³-hybridized carbons (Fsp3) is 0.562. The highest BCUT2D eigenvalue weighted by molar-refractivity contribution is 5.98. The van der Waals surface area contributed by atoms with Crippen LogP contribution in [0, 0.1) is 17.7 Å². The molecule has 3 nitrogen and oxygen atoms in total. The van der Waals surface area contributed by atoms with Crippen LogP contribution in [0.5, 0.6) is 0 Å². The quantitative estimate of drug-likeness (QED) is 0.855. The maximum absolute atomic E-state index is 13.6. The van der Waals surface area contributed by atoms with Gasteiger partial charge in [-0.1, -0.05) is 32.8 Å². The van der Waals surface area contributed by atoms with Gasteiger partial charge in [-0.15, -0.1) is 0 Å². The smallest absolute Gasteiger partial charge is 0.196 e. The number of aliphatic imine (C=N–C) groups is 1. The number of halogens is 1. The molecule has 1 fully saturated rings. The Labute approximate surface area is 119 Å². The molecule has 1 saturated carbocycles. The average Bonchev–Trinajstić information content (AvgIpc) is 2.74. The summed E-state index contributed by atoms with van der Waals surface area (Å²) >= 11 is 0. The Morgan fingerprint density at radius 2 is 2.20 bits per heavy atom. The molecule has 20 heavy (non-hydrogen) atoms. The number of guanidine groups is 1. The van der Waals surface area contributed by atoms with Gasteiger partial charge < -0.3 is 10.6 Å². The maximum Gasteiger partial charge on any atom is 0.196 e. The molecule has 0 amide bonds. The van der Waals surface area contributed by atoms with Crippen molar-refractivity contribution in [3.8, 4) is 0 Å². The van der Waals surface area contributed by atoms with Crippen LogP contribution < -0.4 is 10.6 Å². The van der Waals surface area contributed by atoms with E-state index in [1.165, 1.54) is 18.9 Å². The van der Waals surface area contributed by atoms with Crippen LogP contribution >= 0.6 is 0 Å². The van der Waals surface area contributed by atoms with E-state index in [4.69, 9.17) is 5.73 Å². The first-order valence-electron chi connectivity index (χ1n) is 7.40. The molecule has 1 aliphatic carbocycles. The normalized spacial score (nSPS) is 33.5. The van der Waals surface area contributed by atoms with Crippen molar-refractivity contribution in [2.24, 2.45) is 22.6 Å². The van der Waals surface area contributed by atoms with Gasteiger partial charge in [0.15, 0.2) is 5.96 Å². The second-order valence-electron chi connectivity index (χ2n) is 6.25. The molecule has 3 unspecified atom stereocenters. The minimum atomic E-state index is -0.228. The Balaban J connectivity index is 2.04. The van der Waals surface area contributed by atoms with E-state index < -0.39 is 0 Å². The Hall–Kier alpha value is -1.58. The van der Waals surface area contributed by atoms with Gasteiger partial charge in [0.25, 0.3) is 0 Å². The van der Waals surface area contributed by atoms with E-state index in [1.807, 2.05) is 6.07 Å². The van der Waals surface area contributed by atoms with Gasteiger partial charge in [-0.05, 0) is 36.5 Å². The second kappa shape index (κ2) is 4.76. The highest BCUT2D eigenvalue weighted by Crippen LogP contribution is 2.45. The summed E-state index contributed by atoms with van der Waals surface area (Å²) in [6, 6.07) is 6.68. The Bertz CT molecular complexity index is 542. The zero-order valence-corrected chi connectivity index (χ0v) is 12.1. The molecule has 1 aromatic carbocycles. The summed E-state index contributed by atoms with van der Waals surface area (Å²) in [5.41, 5.74) is 6.88. The van der Waals surface area contributed by atoms with Crippen molar-refractivity contribution < 1.29 is 4.39 Å². The lowest BCUT2D eigenvalue weighted by Crippen LogP contribution is -2.58. The first kappa shape index (κ1) is 13.4. The molecule has 108 valence electrons. The summed E-state index contributed by atoms with van der Waals surface area (Å²) in [6.45, 7) is 5.30. The summed E-state index contributed by atoms with van der Waals surface area (Å²) in [7, 11) is 0. The van der Waals surface area contributed by atoms with Crippen molar-refractivity contribution in [2.75, 3.05) is 11.4 Å². The van der Waals surface area contributed by atoms with Crippen LogP contribution in [0.4, 0.5) is 10.1 Å². The topological polar surface area (TPSA) is 41.6 Å². The standard InChI is InChI=1S/C16H22FN3/c1-11-5-4-8-16(12(11)2)10-19-15(18)20(16)14-7-3-6-13(17)9-14/h3,6-7,9,11-12H,4-5,8,10H2,1-2H3,(H2,18,19). The zero-order valence-electron chi connectivity index (χ0n) is 12.1. The fourth-order valence-electron chi connectivity index (χ4n) is 3.87. The number of nitrogens with zero attached hydrogens (tertiary/aromatic N) is 2. The van der Waals surface area contributed by atoms with Gasteiger partial charge in [-0.3, -0.25) is 4.99 Å². The monoisotopic (exact) mass is 275 g/mol. The molecular formula is C16H22FN3. The van der Waals surface area contributed by atoms with Crippen molar-refractivity contribution >= 4 is 11.6 Å². The predicted molar refractivity (Wildman–Crippen MR) is 80.3 cm³/mol. The third kappa shape index (κ3) is 1.89.